The summed E-state index contributed by atoms with van der Waals surface area (Å²) in [5.41, 5.74) is 1.16. The average molecular weight is 462 g/mol. The molecule has 7 nitrogen and oxygen atoms in total. The van der Waals surface area contributed by atoms with Gasteiger partial charge in [0.05, 0.1) is 4.92 Å². The Balaban J connectivity index is 2.15. The fraction of sp³-hybridized carbons (Fsp3) is 0.176. The standard InChI is InChI=1S/C17H15Cl3N4O3S/c1-10-5-4-6-11(9-10)21-16(28)23-15(17(18,19)20)22-14(25)12-7-2-3-8-13(12)24(26)27/h2-9,15H,1H3,(H,22,25)(H2,21,23,28)/t15-/m1/s1. The van der Waals surface area contributed by atoms with Gasteiger partial charge in [0.2, 0.25) is 3.79 Å². The highest BCUT2D eigenvalue weighted by molar-refractivity contribution is 7.80. The molecule has 0 fully saturated rings. The van der Waals surface area contributed by atoms with Crippen molar-refractivity contribution in [3.63, 3.8) is 0 Å². The first-order chi connectivity index (χ1) is 13.1. The Bertz CT molecular complexity index is 905. The predicted octanol–water partition coefficient (Wildman–Crippen LogP) is 4.32. The highest BCUT2D eigenvalue weighted by atomic mass is 35.6. The number of carbonyl (C=O) groups excluding carboxylic acids is 1. The quantitative estimate of drug-likeness (QED) is 0.202. The second-order valence-corrected chi connectivity index (χ2v) is 8.47. The summed E-state index contributed by atoms with van der Waals surface area (Å²) in [4.78, 5) is 23.0. The van der Waals surface area contributed by atoms with E-state index in [-0.39, 0.29) is 16.4 Å². The van der Waals surface area contributed by atoms with Crippen LogP contribution in [0.4, 0.5) is 11.4 Å². The number of nitro benzene ring substituents is 1. The molecule has 2 rings (SSSR count). The highest BCUT2D eigenvalue weighted by Crippen LogP contribution is 2.30. The molecule has 0 aromatic heterocycles. The number of hydrogen-bond donors (Lipinski definition) is 3. The zero-order valence-corrected chi connectivity index (χ0v) is 17.5. The van der Waals surface area contributed by atoms with Crippen LogP contribution in [0.5, 0.6) is 0 Å². The number of para-hydroxylation sites is 1. The number of hydrogen-bond acceptors (Lipinski definition) is 4. The van der Waals surface area contributed by atoms with Gasteiger partial charge >= 0.3 is 0 Å². The van der Waals surface area contributed by atoms with Gasteiger partial charge in [-0.25, -0.2) is 0 Å². The molecule has 1 atom stereocenters. The lowest BCUT2D eigenvalue weighted by Gasteiger charge is -2.27. The SMILES string of the molecule is Cc1cccc(NC(=S)N[C@@H](NC(=O)c2ccccc2[N+](=O)[O-])C(Cl)(Cl)Cl)c1. The van der Waals surface area contributed by atoms with E-state index in [2.05, 4.69) is 16.0 Å². The predicted molar refractivity (Wildman–Crippen MR) is 115 cm³/mol. The van der Waals surface area contributed by atoms with Crippen molar-refractivity contribution in [3.05, 3.63) is 69.8 Å². The molecule has 0 saturated carbocycles. The van der Waals surface area contributed by atoms with Crippen LogP contribution in [0.15, 0.2) is 48.5 Å². The van der Waals surface area contributed by atoms with Gasteiger partial charge in [-0.2, -0.15) is 0 Å². The Hall–Kier alpha value is -2.13. The molecule has 0 saturated heterocycles. The summed E-state index contributed by atoms with van der Waals surface area (Å²) >= 11 is 23.0. The van der Waals surface area contributed by atoms with Crippen molar-refractivity contribution in [1.29, 1.82) is 0 Å². The third-order valence-electron chi connectivity index (χ3n) is 3.50. The molecule has 0 heterocycles. The minimum absolute atomic E-state index is 0.0878. The number of benzene rings is 2. The van der Waals surface area contributed by atoms with Crippen LogP contribution in [-0.4, -0.2) is 25.9 Å². The van der Waals surface area contributed by atoms with Gasteiger partial charge in [-0.1, -0.05) is 59.1 Å². The molecule has 28 heavy (non-hydrogen) atoms. The zero-order valence-electron chi connectivity index (χ0n) is 14.4. The van der Waals surface area contributed by atoms with E-state index < -0.39 is 20.8 Å². The summed E-state index contributed by atoms with van der Waals surface area (Å²) in [5, 5.41) is 19.2. The summed E-state index contributed by atoms with van der Waals surface area (Å²) in [6.07, 6.45) is -1.25. The van der Waals surface area contributed by atoms with E-state index in [1.807, 2.05) is 25.1 Å². The first kappa shape index (κ1) is 22.2. The summed E-state index contributed by atoms with van der Waals surface area (Å²) < 4.78 is -1.99. The van der Waals surface area contributed by atoms with E-state index >= 15 is 0 Å². The third-order valence-corrected chi connectivity index (χ3v) is 4.37. The van der Waals surface area contributed by atoms with Gasteiger partial charge in [-0.05, 0) is 42.9 Å². The largest absolute Gasteiger partial charge is 0.339 e. The van der Waals surface area contributed by atoms with Crippen LogP contribution >= 0.6 is 47.0 Å². The number of rotatable bonds is 5. The summed E-state index contributed by atoms with van der Waals surface area (Å²) in [7, 11) is 0. The Morgan fingerprint density at radius 1 is 1.14 bits per heavy atom. The van der Waals surface area contributed by atoms with Gasteiger partial charge in [0.25, 0.3) is 11.6 Å². The van der Waals surface area contributed by atoms with Crippen LogP contribution in [0.25, 0.3) is 0 Å². The van der Waals surface area contributed by atoms with E-state index in [0.29, 0.717) is 5.69 Å². The van der Waals surface area contributed by atoms with Gasteiger partial charge in [-0.15, -0.1) is 0 Å². The van der Waals surface area contributed by atoms with Crippen molar-refractivity contribution in [2.45, 2.75) is 16.9 Å². The van der Waals surface area contributed by atoms with Crippen molar-refractivity contribution in [1.82, 2.24) is 10.6 Å². The zero-order chi connectivity index (χ0) is 20.9. The minimum Gasteiger partial charge on any atom is -0.339 e. The molecule has 11 heteroatoms. The summed E-state index contributed by atoms with van der Waals surface area (Å²) in [5.74, 6) is -0.797. The first-order valence-corrected chi connectivity index (χ1v) is 9.37. The number of thiocarbonyl (C=S) groups is 1. The van der Waals surface area contributed by atoms with E-state index in [9.17, 15) is 14.9 Å². The smallest absolute Gasteiger partial charge is 0.282 e. The van der Waals surface area contributed by atoms with Crippen LogP contribution in [0.1, 0.15) is 15.9 Å². The Morgan fingerprint density at radius 2 is 1.82 bits per heavy atom. The Kier molecular flexibility index (Phi) is 7.42. The van der Waals surface area contributed by atoms with Crippen LogP contribution in [0.2, 0.25) is 0 Å². The molecule has 1 amide bonds. The van der Waals surface area contributed by atoms with E-state index in [0.717, 1.165) is 5.56 Å². The number of aryl methyl sites for hydroxylation is 1. The van der Waals surface area contributed by atoms with Gasteiger partial charge < -0.3 is 16.0 Å². The molecular formula is C17H15Cl3N4O3S. The maximum atomic E-state index is 12.5. The fourth-order valence-electron chi connectivity index (χ4n) is 2.25. The lowest BCUT2D eigenvalue weighted by atomic mass is 10.1. The van der Waals surface area contributed by atoms with E-state index in [4.69, 9.17) is 47.0 Å². The number of nitrogens with one attached hydrogen (secondary N) is 3. The summed E-state index contributed by atoms with van der Waals surface area (Å²) in [6.45, 7) is 1.92. The first-order valence-electron chi connectivity index (χ1n) is 7.83. The van der Waals surface area contributed by atoms with Crippen LogP contribution < -0.4 is 16.0 Å². The van der Waals surface area contributed by atoms with E-state index in [1.54, 1.807) is 6.07 Å². The molecule has 0 radical (unpaired) electrons. The molecule has 148 valence electrons. The lowest BCUT2D eigenvalue weighted by Crippen LogP contribution is -2.56. The number of amides is 1. The lowest BCUT2D eigenvalue weighted by molar-refractivity contribution is -0.385. The van der Waals surface area contributed by atoms with Crippen molar-refractivity contribution in [2.75, 3.05) is 5.32 Å². The number of anilines is 1. The second kappa shape index (κ2) is 9.38. The van der Waals surface area contributed by atoms with Crippen LogP contribution in [0.3, 0.4) is 0 Å². The third kappa shape index (κ3) is 6.20. The molecule has 0 unspecified atom stereocenters. The monoisotopic (exact) mass is 460 g/mol. The number of halogens is 3. The fourth-order valence-corrected chi connectivity index (χ4v) is 2.82. The number of nitro groups is 1. The maximum Gasteiger partial charge on any atom is 0.282 e. The van der Waals surface area contributed by atoms with Gasteiger partial charge in [0.1, 0.15) is 11.7 Å². The number of alkyl halides is 3. The van der Waals surface area contributed by atoms with Crippen molar-refractivity contribution < 1.29 is 9.72 Å². The average Bonchev–Trinajstić information content (AvgIpc) is 2.60. The minimum atomic E-state index is -1.99. The van der Waals surface area contributed by atoms with Gasteiger partial charge in [0.15, 0.2) is 5.11 Å². The maximum absolute atomic E-state index is 12.5. The number of carbonyl (C=O) groups is 1. The van der Waals surface area contributed by atoms with Crippen LogP contribution in [0, 0.1) is 17.0 Å². The highest BCUT2D eigenvalue weighted by Gasteiger charge is 2.36. The normalized spacial score (nSPS) is 12.0. The molecule has 0 aliphatic rings. The van der Waals surface area contributed by atoms with E-state index in [1.165, 1.54) is 24.3 Å². The Morgan fingerprint density at radius 3 is 2.43 bits per heavy atom. The molecule has 0 aliphatic heterocycles. The second-order valence-electron chi connectivity index (χ2n) is 5.69. The number of nitrogens with zero attached hydrogens (tertiary/aromatic N) is 1. The van der Waals surface area contributed by atoms with Crippen molar-refractivity contribution >= 4 is 69.4 Å². The van der Waals surface area contributed by atoms with Crippen molar-refractivity contribution in [3.8, 4) is 0 Å². The van der Waals surface area contributed by atoms with Crippen LogP contribution in [-0.2, 0) is 0 Å². The van der Waals surface area contributed by atoms with Gasteiger partial charge in [-0.3, -0.25) is 14.9 Å². The molecule has 0 aliphatic carbocycles. The molecule has 2 aromatic rings. The molecule has 0 bridgehead atoms. The van der Waals surface area contributed by atoms with Crippen molar-refractivity contribution in [2.24, 2.45) is 0 Å². The molecule has 2 aromatic carbocycles. The topological polar surface area (TPSA) is 96.3 Å². The van der Waals surface area contributed by atoms with Gasteiger partial charge in [0, 0.05) is 11.8 Å². The Labute approximate surface area is 181 Å². The molecule has 0 spiro atoms. The summed E-state index contributed by atoms with van der Waals surface area (Å²) in [6, 6.07) is 12.8. The molecule has 3 N–H and O–H groups in total. The molecular weight excluding hydrogens is 447 g/mol.